The van der Waals surface area contributed by atoms with Crippen LogP contribution in [0.4, 0.5) is 13.2 Å². The van der Waals surface area contributed by atoms with Crippen LogP contribution in [0.1, 0.15) is 12.5 Å². The first-order valence-electron chi connectivity index (χ1n) is 8.30. The average molecular weight is 451 g/mol. The number of carbonyl (C=O) groups excluding carboxylic acids is 1. The lowest BCUT2D eigenvalue weighted by molar-refractivity contribution is -0.153. The van der Waals surface area contributed by atoms with Crippen molar-refractivity contribution >= 4 is 27.5 Å². The minimum absolute atomic E-state index is 0.0315. The highest BCUT2D eigenvalue weighted by Crippen LogP contribution is 2.19. The zero-order valence-electron chi connectivity index (χ0n) is 15.2. The molecule has 0 radical (unpaired) electrons. The first-order chi connectivity index (χ1) is 13.5. The molecule has 0 saturated carbocycles. The second-order valence-electron chi connectivity index (χ2n) is 6.06. The van der Waals surface area contributed by atoms with E-state index in [9.17, 15) is 26.4 Å². The topological polar surface area (TPSA) is 84.5 Å². The van der Waals surface area contributed by atoms with E-state index in [2.05, 4.69) is 14.8 Å². The SMILES string of the molecule is CC(NS(=O)(=O)c1ccc(Cl)cc1)C(=O)NCc1ccc(OCC(F)(F)F)cc1. The van der Waals surface area contributed by atoms with E-state index in [4.69, 9.17) is 11.6 Å². The van der Waals surface area contributed by atoms with E-state index < -0.39 is 34.8 Å². The van der Waals surface area contributed by atoms with Gasteiger partial charge in [0, 0.05) is 11.6 Å². The molecule has 0 heterocycles. The Kier molecular flexibility index (Phi) is 7.50. The molecule has 0 aromatic heterocycles. The van der Waals surface area contributed by atoms with Gasteiger partial charge < -0.3 is 10.1 Å². The molecule has 0 fully saturated rings. The van der Waals surface area contributed by atoms with Crippen LogP contribution in [0.25, 0.3) is 0 Å². The van der Waals surface area contributed by atoms with E-state index in [1.165, 1.54) is 55.5 Å². The molecule has 2 rings (SSSR count). The fraction of sp³-hybridized carbons (Fsp3) is 0.278. The number of ether oxygens (including phenoxy) is 1. The fourth-order valence-corrected chi connectivity index (χ4v) is 3.51. The van der Waals surface area contributed by atoms with Crippen molar-refractivity contribution in [3.05, 3.63) is 59.1 Å². The molecule has 6 nitrogen and oxygen atoms in total. The van der Waals surface area contributed by atoms with Crippen LogP contribution in [0.15, 0.2) is 53.4 Å². The van der Waals surface area contributed by atoms with Crippen molar-refractivity contribution in [2.75, 3.05) is 6.61 Å². The third-order valence-corrected chi connectivity index (χ3v) is 5.45. The summed E-state index contributed by atoms with van der Waals surface area (Å²) in [4.78, 5) is 12.1. The Bertz CT molecular complexity index is 933. The summed E-state index contributed by atoms with van der Waals surface area (Å²) in [5.74, 6) is -0.526. The van der Waals surface area contributed by atoms with E-state index >= 15 is 0 Å². The second kappa shape index (κ2) is 9.47. The summed E-state index contributed by atoms with van der Waals surface area (Å²) in [6.07, 6.45) is -4.43. The minimum atomic E-state index is -4.43. The van der Waals surface area contributed by atoms with Crippen molar-refractivity contribution in [1.29, 1.82) is 0 Å². The monoisotopic (exact) mass is 450 g/mol. The molecule has 0 aliphatic heterocycles. The van der Waals surface area contributed by atoms with E-state index in [0.717, 1.165) is 0 Å². The quantitative estimate of drug-likeness (QED) is 0.646. The number of nitrogens with one attached hydrogen (secondary N) is 2. The number of rotatable bonds is 8. The van der Waals surface area contributed by atoms with Gasteiger partial charge in [0.2, 0.25) is 15.9 Å². The molecule has 1 atom stereocenters. The van der Waals surface area contributed by atoms with Crippen molar-refractivity contribution in [3.8, 4) is 5.75 Å². The summed E-state index contributed by atoms with van der Waals surface area (Å²) in [6.45, 7) is 0.0522. The minimum Gasteiger partial charge on any atom is -0.484 e. The molecule has 2 aromatic rings. The van der Waals surface area contributed by atoms with Gasteiger partial charge in [0.15, 0.2) is 6.61 Å². The van der Waals surface area contributed by atoms with Crippen molar-refractivity contribution in [2.24, 2.45) is 0 Å². The van der Waals surface area contributed by atoms with Crippen molar-refractivity contribution < 1.29 is 31.1 Å². The Morgan fingerprint density at radius 3 is 2.24 bits per heavy atom. The lowest BCUT2D eigenvalue weighted by Crippen LogP contribution is -2.44. The van der Waals surface area contributed by atoms with Crippen LogP contribution >= 0.6 is 11.6 Å². The summed E-state index contributed by atoms with van der Waals surface area (Å²) >= 11 is 5.73. The Labute approximate surface area is 171 Å². The van der Waals surface area contributed by atoms with Gasteiger partial charge in [0.05, 0.1) is 10.9 Å². The maximum absolute atomic E-state index is 12.3. The zero-order valence-corrected chi connectivity index (χ0v) is 16.7. The summed E-state index contributed by atoms with van der Waals surface area (Å²) < 4.78 is 67.8. The zero-order chi connectivity index (χ0) is 21.7. The average Bonchev–Trinajstić information content (AvgIpc) is 2.64. The van der Waals surface area contributed by atoms with Crippen LogP contribution in [-0.2, 0) is 21.4 Å². The van der Waals surface area contributed by atoms with E-state index in [1.54, 1.807) is 0 Å². The van der Waals surface area contributed by atoms with Crippen molar-refractivity contribution in [1.82, 2.24) is 10.0 Å². The van der Waals surface area contributed by atoms with Gasteiger partial charge >= 0.3 is 6.18 Å². The van der Waals surface area contributed by atoms with Crippen LogP contribution in [0.2, 0.25) is 5.02 Å². The van der Waals surface area contributed by atoms with Gasteiger partial charge in [-0.25, -0.2) is 8.42 Å². The third-order valence-electron chi connectivity index (χ3n) is 3.64. The lowest BCUT2D eigenvalue weighted by Gasteiger charge is -2.15. The highest BCUT2D eigenvalue weighted by atomic mass is 35.5. The first kappa shape index (κ1) is 23.0. The van der Waals surface area contributed by atoms with Crippen LogP contribution in [0.5, 0.6) is 5.75 Å². The molecule has 2 N–H and O–H groups in total. The summed E-state index contributed by atoms with van der Waals surface area (Å²) in [7, 11) is -3.91. The molecule has 1 unspecified atom stereocenters. The molecule has 29 heavy (non-hydrogen) atoms. The number of halogens is 4. The number of hydrogen-bond acceptors (Lipinski definition) is 4. The number of hydrogen-bond donors (Lipinski definition) is 2. The molecule has 158 valence electrons. The smallest absolute Gasteiger partial charge is 0.422 e. The lowest BCUT2D eigenvalue weighted by atomic mass is 10.2. The van der Waals surface area contributed by atoms with Gasteiger partial charge in [0.1, 0.15) is 5.75 Å². The number of carbonyl (C=O) groups is 1. The standard InChI is InChI=1S/C18H18ClF3N2O4S/c1-12(24-29(26,27)16-8-4-14(19)5-9-16)17(25)23-10-13-2-6-15(7-3-13)28-11-18(20,21)22/h2-9,12,24H,10-11H2,1H3,(H,23,25). The van der Waals surface area contributed by atoms with Crippen LogP contribution < -0.4 is 14.8 Å². The van der Waals surface area contributed by atoms with Crippen molar-refractivity contribution in [3.63, 3.8) is 0 Å². The molecule has 0 aliphatic carbocycles. The van der Waals surface area contributed by atoms with Gasteiger partial charge in [-0.1, -0.05) is 23.7 Å². The normalized spacial score (nSPS) is 13.0. The molecule has 0 bridgehead atoms. The molecule has 0 spiro atoms. The van der Waals surface area contributed by atoms with Gasteiger partial charge in [-0.3, -0.25) is 4.79 Å². The molecule has 0 aliphatic rings. The molecule has 2 aromatic carbocycles. The summed E-state index contributed by atoms with van der Waals surface area (Å²) in [5, 5.41) is 2.93. The van der Waals surface area contributed by atoms with E-state index in [-0.39, 0.29) is 17.2 Å². The number of amides is 1. The van der Waals surface area contributed by atoms with E-state index in [1.807, 2.05) is 0 Å². The summed E-state index contributed by atoms with van der Waals surface area (Å²) in [5.41, 5.74) is 0.602. The number of alkyl halides is 3. The Balaban J connectivity index is 1.87. The maximum Gasteiger partial charge on any atom is 0.422 e. The van der Waals surface area contributed by atoms with Crippen LogP contribution in [0, 0.1) is 0 Å². The predicted molar refractivity (Wildman–Crippen MR) is 101 cm³/mol. The van der Waals surface area contributed by atoms with Crippen LogP contribution in [-0.4, -0.2) is 33.1 Å². The summed E-state index contributed by atoms with van der Waals surface area (Å²) in [6, 6.07) is 10.1. The van der Waals surface area contributed by atoms with E-state index in [0.29, 0.717) is 10.6 Å². The molecule has 1 amide bonds. The predicted octanol–water partition coefficient (Wildman–Crippen LogP) is 3.26. The Morgan fingerprint density at radius 1 is 1.10 bits per heavy atom. The molecular formula is C18H18ClF3N2O4S. The maximum atomic E-state index is 12.3. The molecule has 0 saturated heterocycles. The fourth-order valence-electron chi connectivity index (χ4n) is 2.18. The molecule has 11 heteroatoms. The van der Waals surface area contributed by atoms with Gasteiger partial charge in [-0.2, -0.15) is 17.9 Å². The van der Waals surface area contributed by atoms with Gasteiger partial charge in [-0.15, -0.1) is 0 Å². The van der Waals surface area contributed by atoms with Crippen molar-refractivity contribution in [2.45, 2.75) is 30.6 Å². The first-order valence-corrected chi connectivity index (χ1v) is 10.2. The third kappa shape index (κ3) is 7.56. The number of benzene rings is 2. The Hall–Kier alpha value is -2.30. The van der Waals surface area contributed by atoms with Gasteiger partial charge in [0.25, 0.3) is 0 Å². The molecular weight excluding hydrogens is 433 g/mol. The highest BCUT2D eigenvalue weighted by molar-refractivity contribution is 7.89. The highest BCUT2D eigenvalue weighted by Gasteiger charge is 2.28. The largest absolute Gasteiger partial charge is 0.484 e. The number of sulfonamides is 1. The Morgan fingerprint density at radius 2 is 1.69 bits per heavy atom. The van der Waals surface area contributed by atoms with Gasteiger partial charge in [-0.05, 0) is 48.9 Å². The second-order valence-corrected chi connectivity index (χ2v) is 8.21. The van der Waals surface area contributed by atoms with Crippen LogP contribution in [0.3, 0.4) is 0 Å².